The smallest absolute Gasteiger partial charge is 0.161 e. The lowest BCUT2D eigenvalue weighted by molar-refractivity contribution is 0.258. The Morgan fingerprint density at radius 2 is 1.86 bits per heavy atom. The van der Waals surface area contributed by atoms with Gasteiger partial charge in [0, 0.05) is 41.9 Å². The maximum Gasteiger partial charge on any atom is 0.161 e. The third-order valence-corrected chi connectivity index (χ3v) is 8.80. The molecule has 28 heavy (non-hydrogen) atoms. The first-order valence-corrected chi connectivity index (χ1v) is 11.7. The molecule has 0 spiro atoms. The molecule has 0 radical (unpaired) electrons. The van der Waals surface area contributed by atoms with Crippen molar-refractivity contribution < 1.29 is 8.42 Å². The van der Waals surface area contributed by atoms with Gasteiger partial charge >= 0.3 is 0 Å². The van der Waals surface area contributed by atoms with Crippen LogP contribution in [0.3, 0.4) is 0 Å². The number of aromatic nitrogens is 2. The average molecular weight is 399 g/mol. The van der Waals surface area contributed by atoms with Crippen molar-refractivity contribution in [3.63, 3.8) is 0 Å². The zero-order valence-corrected chi connectivity index (χ0v) is 17.2. The summed E-state index contributed by atoms with van der Waals surface area (Å²) in [7, 11) is 0.912. The average Bonchev–Trinajstić information content (AvgIpc) is 3.37. The van der Waals surface area contributed by atoms with Crippen molar-refractivity contribution in [1.82, 2.24) is 14.9 Å². The van der Waals surface area contributed by atoms with Gasteiger partial charge in [-0.3, -0.25) is 0 Å². The van der Waals surface area contributed by atoms with Crippen LogP contribution in [0.1, 0.15) is 17.7 Å². The highest BCUT2D eigenvalue weighted by Gasteiger charge is 2.53. The van der Waals surface area contributed by atoms with Crippen molar-refractivity contribution in [1.29, 1.82) is 0 Å². The molecule has 2 aromatic rings. The van der Waals surface area contributed by atoms with Gasteiger partial charge in [0.05, 0.1) is 11.0 Å². The maximum absolute atomic E-state index is 12.8. The van der Waals surface area contributed by atoms with E-state index in [9.17, 15) is 8.42 Å². The number of hydrogen-bond acceptors (Lipinski definition) is 6. The molecule has 0 amide bonds. The summed E-state index contributed by atoms with van der Waals surface area (Å²) in [4.78, 5) is 14.1. The minimum absolute atomic E-state index is 0.0866. The Morgan fingerprint density at radius 3 is 2.61 bits per heavy atom. The Morgan fingerprint density at radius 1 is 1.07 bits per heavy atom. The fraction of sp³-hybridized carbons (Fsp3) is 0.524. The Kier molecular flexibility index (Phi) is 4.21. The van der Waals surface area contributed by atoms with E-state index in [1.165, 1.54) is 5.56 Å². The second-order valence-corrected chi connectivity index (χ2v) is 10.7. The summed E-state index contributed by atoms with van der Waals surface area (Å²) in [5.41, 5.74) is 3.36. The van der Waals surface area contributed by atoms with Crippen LogP contribution in [-0.2, 0) is 22.7 Å². The van der Waals surface area contributed by atoms with Gasteiger partial charge in [-0.2, -0.15) is 0 Å². The minimum atomic E-state index is -3.06. The first-order chi connectivity index (χ1) is 13.4. The molecule has 3 aliphatic rings. The van der Waals surface area contributed by atoms with Crippen molar-refractivity contribution >= 4 is 15.7 Å². The number of hydrogen-bond donors (Lipinski definition) is 0. The highest BCUT2D eigenvalue weighted by atomic mass is 32.2. The summed E-state index contributed by atoms with van der Waals surface area (Å²) < 4.78 is 25.5. The van der Waals surface area contributed by atoms with E-state index in [1.807, 2.05) is 44.4 Å². The molecule has 2 aliphatic heterocycles. The zero-order valence-electron chi connectivity index (χ0n) is 16.4. The van der Waals surface area contributed by atoms with Gasteiger partial charge in [-0.1, -0.05) is 30.3 Å². The largest absolute Gasteiger partial charge is 0.355 e. The molecule has 3 atom stereocenters. The van der Waals surface area contributed by atoms with E-state index in [0.717, 1.165) is 48.7 Å². The zero-order chi connectivity index (χ0) is 19.5. The van der Waals surface area contributed by atoms with Crippen LogP contribution in [0, 0.1) is 5.92 Å². The number of anilines is 1. The van der Waals surface area contributed by atoms with E-state index in [1.54, 1.807) is 0 Å². The van der Waals surface area contributed by atoms with Crippen LogP contribution in [0.4, 0.5) is 5.82 Å². The summed E-state index contributed by atoms with van der Waals surface area (Å²) >= 11 is 0. The van der Waals surface area contributed by atoms with Crippen molar-refractivity contribution in [3.8, 4) is 11.4 Å². The number of rotatable bonds is 3. The van der Waals surface area contributed by atoms with E-state index >= 15 is 0 Å². The third-order valence-electron chi connectivity index (χ3n) is 6.57. The number of nitrogens with zero attached hydrogens (tertiary/aromatic N) is 4. The van der Waals surface area contributed by atoms with E-state index in [4.69, 9.17) is 9.97 Å². The molecule has 1 aliphatic carbocycles. The monoisotopic (exact) mass is 398 g/mol. The van der Waals surface area contributed by atoms with Crippen LogP contribution in [0.5, 0.6) is 0 Å². The summed E-state index contributed by atoms with van der Waals surface area (Å²) in [5.74, 6) is 2.14. The summed E-state index contributed by atoms with van der Waals surface area (Å²) in [6, 6.07) is 10.1. The van der Waals surface area contributed by atoms with Gasteiger partial charge in [0.25, 0.3) is 0 Å². The third kappa shape index (κ3) is 2.83. The molecular formula is C21H26N4O2S. The number of fused-ring (bicyclic) bond motifs is 2. The lowest BCUT2D eigenvalue weighted by atomic mass is 10.00. The molecule has 6 nitrogen and oxygen atoms in total. The lowest BCUT2D eigenvalue weighted by Gasteiger charge is -2.26. The van der Waals surface area contributed by atoms with Crippen LogP contribution in [0.2, 0.25) is 0 Å². The van der Waals surface area contributed by atoms with E-state index in [0.29, 0.717) is 6.54 Å². The quantitative estimate of drug-likeness (QED) is 0.785. The highest BCUT2D eigenvalue weighted by Crippen LogP contribution is 2.40. The summed E-state index contributed by atoms with van der Waals surface area (Å²) in [6.45, 7) is 1.31. The van der Waals surface area contributed by atoms with Crippen LogP contribution in [-0.4, -0.2) is 67.5 Å². The Bertz CT molecular complexity index is 1010. The number of benzene rings is 1. The van der Waals surface area contributed by atoms with Gasteiger partial charge in [0.15, 0.2) is 15.7 Å². The van der Waals surface area contributed by atoms with Gasteiger partial charge in [0.2, 0.25) is 0 Å². The Balaban J connectivity index is 1.55. The second kappa shape index (κ2) is 6.52. The minimum Gasteiger partial charge on any atom is -0.355 e. The second-order valence-electron chi connectivity index (χ2n) is 8.48. The van der Waals surface area contributed by atoms with Gasteiger partial charge in [-0.05, 0) is 33.4 Å². The van der Waals surface area contributed by atoms with Crippen molar-refractivity contribution in [2.45, 2.75) is 30.6 Å². The fourth-order valence-electron chi connectivity index (χ4n) is 5.13. The summed E-state index contributed by atoms with van der Waals surface area (Å²) in [6.07, 6.45) is 3.05. The molecule has 0 saturated carbocycles. The van der Waals surface area contributed by atoms with Crippen molar-refractivity contribution in [2.24, 2.45) is 5.92 Å². The Hall–Kier alpha value is -1.99. The molecule has 0 bridgehead atoms. The molecule has 1 aromatic carbocycles. The predicted octanol–water partition coefficient (Wildman–Crippen LogP) is 1.80. The maximum atomic E-state index is 12.8. The number of sulfone groups is 1. The molecule has 148 valence electrons. The molecule has 0 unspecified atom stereocenters. The van der Waals surface area contributed by atoms with Crippen LogP contribution >= 0.6 is 0 Å². The number of aryl methyl sites for hydroxylation is 1. The highest BCUT2D eigenvalue weighted by molar-refractivity contribution is 7.92. The van der Waals surface area contributed by atoms with Crippen LogP contribution < -0.4 is 4.90 Å². The first kappa shape index (κ1) is 18.1. The SMILES string of the molecule is CN(C)[C@@H]1CS(=O)(=O)[C@H]2CN(c3nc(-c4ccccc4)nc4c3CCC4)C[C@@H]12. The molecule has 2 saturated heterocycles. The first-order valence-electron chi connectivity index (χ1n) is 10.0. The van der Waals surface area contributed by atoms with Crippen molar-refractivity contribution in [3.05, 3.63) is 41.6 Å². The molecular weight excluding hydrogens is 372 g/mol. The predicted molar refractivity (Wildman–Crippen MR) is 110 cm³/mol. The molecule has 3 heterocycles. The van der Waals surface area contributed by atoms with Crippen LogP contribution in [0.25, 0.3) is 11.4 Å². The normalized spacial score (nSPS) is 28.0. The van der Waals surface area contributed by atoms with E-state index in [-0.39, 0.29) is 23.0 Å². The Labute approximate surface area is 166 Å². The molecule has 7 heteroatoms. The summed E-state index contributed by atoms with van der Waals surface area (Å²) in [5, 5.41) is -0.285. The van der Waals surface area contributed by atoms with Gasteiger partial charge in [0.1, 0.15) is 5.82 Å². The van der Waals surface area contributed by atoms with Gasteiger partial charge in [-0.15, -0.1) is 0 Å². The standard InChI is InChI=1S/C21H26N4O2S/c1-24(2)18-13-28(26,27)19-12-25(11-16(18)19)21-15-9-6-10-17(15)22-20(23-21)14-7-4-3-5-8-14/h3-5,7-8,16,18-19H,6,9-13H2,1-2H3/t16-,18+,19-/m0/s1. The lowest BCUT2D eigenvalue weighted by Crippen LogP contribution is -2.37. The molecule has 2 fully saturated rings. The van der Waals surface area contributed by atoms with Gasteiger partial charge in [-0.25, -0.2) is 18.4 Å². The van der Waals surface area contributed by atoms with Crippen LogP contribution in [0.15, 0.2) is 30.3 Å². The molecule has 0 N–H and O–H groups in total. The van der Waals surface area contributed by atoms with Gasteiger partial charge < -0.3 is 9.80 Å². The molecule has 5 rings (SSSR count). The topological polar surface area (TPSA) is 66.4 Å². The van der Waals surface area contributed by atoms with E-state index < -0.39 is 9.84 Å². The van der Waals surface area contributed by atoms with Crippen molar-refractivity contribution in [2.75, 3.05) is 37.8 Å². The van der Waals surface area contributed by atoms with E-state index in [2.05, 4.69) is 9.80 Å². The molecule has 1 aromatic heterocycles. The fourth-order valence-corrected chi connectivity index (χ4v) is 7.60.